The van der Waals surface area contributed by atoms with Gasteiger partial charge in [-0.1, -0.05) is 0 Å². The Morgan fingerprint density at radius 3 is 1.31 bits per heavy atom. The van der Waals surface area contributed by atoms with Crippen molar-refractivity contribution in [2.45, 2.75) is 0 Å². The molecule has 0 amide bonds. The molecule has 0 saturated heterocycles. The van der Waals surface area contributed by atoms with Crippen molar-refractivity contribution in [1.29, 1.82) is 0 Å². The summed E-state index contributed by atoms with van der Waals surface area (Å²) in [6, 6.07) is 16.4. The van der Waals surface area contributed by atoms with E-state index >= 15 is 0 Å². The third-order valence-corrected chi connectivity index (χ3v) is 4.04. The maximum absolute atomic E-state index is 8.38. The predicted octanol–water partition coefficient (Wildman–Crippen LogP) is 4.53. The molecular formula is C20H14N4OZn. The zero-order valence-corrected chi connectivity index (χ0v) is 16.9. The van der Waals surface area contributed by atoms with Crippen LogP contribution >= 0.6 is 0 Å². The van der Waals surface area contributed by atoms with E-state index in [0.717, 1.165) is 44.8 Å². The van der Waals surface area contributed by atoms with Crippen LogP contribution in [0.3, 0.4) is 0 Å². The first-order chi connectivity index (χ1) is 12.8. The molecule has 0 radical (unpaired) electrons. The van der Waals surface area contributed by atoms with Crippen molar-refractivity contribution in [3.63, 3.8) is 0 Å². The molecule has 0 atom stereocenters. The molecule has 6 heteroatoms. The van der Waals surface area contributed by atoms with Gasteiger partial charge in [0.2, 0.25) is 0 Å². The number of hydrogen-bond acceptors (Lipinski definition) is 3. The van der Waals surface area contributed by atoms with Crippen LogP contribution in [0.5, 0.6) is 0 Å². The van der Waals surface area contributed by atoms with Crippen molar-refractivity contribution in [3.05, 3.63) is 71.3 Å². The van der Waals surface area contributed by atoms with Crippen molar-refractivity contribution in [3.8, 4) is 0 Å². The zero-order chi connectivity index (χ0) is 17.9. The number of nitrogens with one attached hydrogen (secondary N) is 2. The molecular weight excluding hydrogens is 378 g/mol. The summed E-state index contributed by atoms with van der Waals surface area (Å²) in [5.74, 6) is 0. The molecule has 2 N–H and O–H groups in total. The molecule has 0 unspecified atom stereocenters. The summed E-state index contributed by atoms with van der Waals surface area (Å²) in [4.78, 5) is 16.0. The second-order valence-corrected chi connectivity index (χ2v) is 5.91. The minimum absolute atomic E-state index is 0.125. The van der Waals surface area contributed by atoms with Crippen molar-refractivity contribution in [2.24, 2.45) is 0 Å². The van der Waals surface area contributed by atoms with Crippen molar-refractivity contribution in [2.75, 3.05) is 0 Å². The van der Waals surface area contributed by atoms with E-state index in [1.807, 2.05) is 42.5 Å². The summed E-state index contributed by atoms with van der Waals surface area (Å²) in [6.07, 6.45) is 8.05. The molecule has 0 saturated carbocycles. The van der Waals surface area contributed by atoms with Crippen LogP contribution in [0.2, 0.25) is 0 Å². The molecule has 5 heterocycles. The average Bonchev–Trinajstić information content (AvgIpc) is 3.42. The fourth-order valence-electron chi connectivity index (χ4n) is 2.94. The van der Waals surface area contributed by atoms with Crippen LogP contribution in [-0.4, -0.2) is 19.9 Å². The molecule has 122 valence electrons. The van der Waals surface area contributed by atoms with Crippen molar-refractivity contribution in [1.82, 2.24) is 19.9 Å². The van der Waals surface area contributed by atoms with Gasteiger partial charge in [-0.05, 0) is 72.8 Å². The van der Waals surface area contributed by atoms with Gasteiger partial charge in [0, 0.05) is 22.1 Å². The number of H-pyrrole nitrogens is 2. The summed E-state index contributed by atoms with van der Waals surface area (Å²) >= 11 is 0.125. The molecule has 0 aromatic carbocycles. The third kappa shape index (κ3) is 3.51. The number of aromatic amines is 2. The third-order valence-electron chi connectivity index (χ3n) is 4.04. The van der Waals surface area contributed by atoms with Crippen LogP contribution < -0.4 is 0 Å². The average molecular weight is 392 g/mol. The minimum atomic E-state index is 0.125. The molecule has 2 aliphatic rings. The summed E-state index contributed by atoms with van der Waals surface area (Å²) in [5.41, 5.74) is 7.86. The molecule has 5 rings (SSSR count). The van der Waals surface area contributed by atoms with Gasteiger partial charge in [0.25, 0.3) is 0 Å². The van der Waals surface area contributed by atoms with Crippen molar-refractivity contribution < 1.29 is 21.8 Å². The van der Waals surface area contributed by atoms with E-state index in [-0.39, 0.29) is 18.3 Å². The molecule has 8 bridgehead atoms. The molecule has 3 aromatic heterocycles. The quantitative estimate of drug-likeness (QED) is 0.381. The van der Waals surface area contributed by atoms with E-state index in [9.17, 15) is 0 Å². The Kier molecular flexibility index (Phi) is 4.50. The van der Waals surface area contributed by atoms with E-state index in [1.165, 1.54) is 0 Å². The van der Waals surface area contributed by atoms with Gasteiger partial charge in [-0.25, -0.2) is 9.97 Å². The molecule has 0 aliphatic carbocycles. The van der Waals surface area contributed by atoms with E-state index in [2.05, 4.69) is 50.3 Å². The van der Waals surface area contributed by atoms with Gasteiger partial charge in [-0.15, -0.1) is 0 Å². The number of fused-ring (bicyclic) bond motifs is 8. The van der Waals surface area contributed by atoms with Gasteiger partial charge >= 0.3 is 21.8 Å². The van der Waals surface area contributed by atoms with E-state index in [4.69, 9.17) is 3.57 Å². The molecule has 26 heavy (non-hydrogen) atoms. The van der Waals surface area contributed by atoms with Gasteiger partial charge in [-0.3, -0.25) is 0 Å². The van der Waals surface area contributed by atoms with Gasteiger partial charge in [0.1, 0.15) is 0 Å². The van der Waals surface area contributed by atoms with Crippen LogP contribution in [-0.2, 0) is 21.8 Å². The monoisotopic (exact) mass is 390 g/mol. The Bertz CT molecular complexity index is 1100. The van der Waals surface area contributed by atoms with Gasteiger partial charge in [0.15, 0.2) is 0 Å². The SMILES string of the molecule is C1=Cc2cc3ccc(cc4ccc(cc5nc(cc1n2)C=C5)[nH]4)[nH]3.[O]=[Zn]. The number of hydrogen-bond donors (Lipinski definition) is 2. The van der Waals surface area contributed by atoms with E-state index < -0.39 is 0 Å². The normalized spacial score (nSPS) is 11.9. The first-order valence-electron chi connectivity index (χ1n) is 8.14. The first-order valence-corrected chi connectivity index (χ1v) is 9.35. The van der Waals surface area contributed by atoms with Crippen LogP contribution in [0.15, 0.2) is 48.5 Å². The number of aromatic nitrogens is 4. The standard InChI is InChI=1S/C20H14N4.O.Zn/c1-2-14-10-16-5-6-18(23-16)12-20-8-7-19(24-20)11-17-4-3-15(22-17)9-13(1)21-14;;/h1-12,21-22H;;. The Morgan fingerprint density at radius 2 is 0.885 bits per heavy atom. The number of rotatable bonds is 0. The Balaban J connectivity index is 0.000000814. The maximum atomic E-state index is 8.38. The van der Waals surface area contributed by atoms with Crippen LogP contribution in [0.4, 0.5) is 0 Å². The summed E-state index contributed by atoms with van der Waals surface area (Å²) in [5, 5.41) is 0. The van der Waals surface area contributed by atoms with Gasteiger partial charge in [0.05, 0.1) is 22.8 Å². The summed E-state index contributed by atoms with van der Waals surface area (Å²) in [6.45, 7) is 0. The fraction of sp³-hybridized carbons (Fsp3) is 0. The first kappa shape index (κ1) is 16.5. The van der Waals surface area contributed by atoms with Crippen LogP contribution in [0.25, 0.3) is 46.4 Å². The topological polar surface area (TPSA) is 74.4 Å². The molecule has 2 aliphatic heterocycles. The van der Waals surface area contributed by atoms with Crippen molar-refractivity contribution >= 4 is 46.4 Å². The van der Waals surface area contributed by atoms with Gasteiger partial charge in [-0.2, -0.15) is 0 Å². The molecule has 3 aromatic rings. The van der Waals surface area contributed by atoms with Crippen LogP contribution in [0, 0.1) is 0 Å². The molecule has 0 fully saturated rings. The van der Waals surface area contributed by atoms with Gasteiger partial charge < -0.3 is 9.97 Å². The number of nitrogens with zero attached hydrogens (tertiary/aromatic N) is 2. The zero-order valence-electron chi connectivity index (χ0n) is 13.9. The van der Waals surface area contributed by atoms with Crippen LogP contribution in [0.1, 0.15) is 22.8 Å². The molecule has 5 nitrogen and oxygen atoms in total. The van der Waals surface area contributed by atoms with E-state index in [0.29, 0.717) is 0 Å². The second-order valence-electron chi connectivity index (χ2n) is 5.91. The summed E-state index contributed by atoms with van der Waals surface area (Å²) < 4.78 is 8.38. The Morgan fingerprint density at radius 1 is 0.538 bits per heavy atom. The Hall–Kier alpha value is -2.98. The predicted molar refractivity (Wildman–Crippen MR) is 99.5 cm³/mol. The second kappa shape index (κ2) is 7.10. The van der Waals surface area contributed by atoms with E-state index in [1.54, 1.807) is 0 Å². The molecule has 0 spiro atoms. The fourth-order valence-corrected chi connectivity index (χ4v) is 2.94. The Labute approximate surface area is 159 Å². The summed E-state index contributed by atoms with van der Waals surface area (Å²) in [7, 11) is 0.